The monoisotopic (exact) mass is 225 g/mol. The minimum absolute atomic E-state index is 0.00324. The summed E-state index contributed by atoms with van der Waals surface area (Å²) in [5.74, 6) is -0.00324. The molecule has 0 fully saturated rings. The standard InChI is InChI=1S/C10H8ClNOS/c1-2-10(13)8-5-7(11)3-4-9(8)12-6-14/h3-5H,2H2,1H3. The highest BCUT2D eigenvalue weighted by atomic mass is 35.5. The Bertz CT molecular complexity index is 411. The highest BCUT2D eigenvalue weighted by Crippen LogP contribution is 2.24. The van der Waals surface area contributed by atoms with Gasteiger partial charge in [0, 0.05) is 17.0 Å². The number of carbonyl (C=O) groups excluding carboxylic acids is 1. The molecule has 0 spiro atoms. The van der Waals surface area contributed by atoms with E-state index in [1.165, 1.54) is 0 Å². The van der Waals surface area contributed by atoms with Gasteiger partial charge in [-0.3, -0.25) is 4.79 Å². The molecule has 0 unspecified atom stereocenters. The van der Waals surface area contributed by atoms with Crippen molar-refractivity contribution in [1.29, 1.82) is 0 Å². The summed E-state index contributed by atoms with van der Waals surface area (Å²) in [6.07, 6.45) is 0.417. The van der Waals surface area contributed by atoms with E-state index in [1.807, 2.05) is 0 Å². The van der Waals surface area contributed by atoms with Crippen LogP contribution in [-0.2, 0) is 0 Å². The maximum atomic E-state index is 11.5. The molecule has 0 aromatic heterocycles. The van der Waals surface area contributed by atoms with Gasteiger partial charge in [0.15, 0.2) is 5.78 Å². The molecule has 14 heavy (non-hydrogen) atoms. The lowest BCUT2D eigenvalue weighted by Crippen LogP contribution is -1.96. The van der Waals surface area contributed by atoms with Gasteiger partial charge in [-0.15, -0.1) is 0 Å². The van der Waals surface area contributed by atoms with Crippen LogP contribution in [0.15, 0.2) is 23.2 Å². The molecule has 0 bridgehead atoms. The second-order valence-electron chi connectivity index (χ2n) is 2.64. The van der Waals surface area contributed by atoms with Crippen LogP contribution in [-0.4, -0.2) is 10.9 Å². The first kappa shape index (κ1) is 11.1. The Morgan fingerprint density at radius 1 is 1.64 bits per heavy atom. The molecule has 4 heteroatoms. The van der Waals surface area contributed by atoms with Crippen molar-refractivity contribution in [3.05, 3.63) is 28.8 Å². The molecule has 1 aromatic rings. The number of benzene rings is 1. The lowest BCUT2D eigenvalue weighted by Gasteiger charge is -2.02. The summed E-state index contributed by atoms with van der Waals surface area (Å²) < 4.78 is 0. The first-order chi connectivity index (χ1) is 6.69. The minimum atomic E-state index is -0.00324. The van der Waals surface area contributed by atoms with E-state index < -0.39 is 0 Å². The Morgan fingerprint density at radius 2 is 2.36 bits per heavy atom. The number of aliphatic imine (C=N–C) groups is 1. The van der Waals surface area contributed by atoms with Gasteiger partial charge in [-0.1, -0.05) is 18.5 Å². The number of thiocarbonyl (C=S) groups is 1. The van der Waals surface area contributed by atoms with E-state index in [0.29, 0.717) is 22.7 Å². The van der Waals surface area contributed by atoms with E-state index in [9.17, 15) is 4.79 Å². The third-order valence-electron chi connectivity index (χ3n) is 1.75. The van der Waals surface area contributed by atoms with Gasteiger partial charge >= 0.3 is 0 Å². The zero-order valence-electron chi connectivity index (χ0n) is 7.58. The Labute approximate surface area is 92.6 Å². The molecule has 72 valence electrons. The zero-order valence-corrected chi connectivity index (χ0v) is 9.15. The Hall–Kier alpha value is -1.02. The summed E-state index contributed by atoms with van der Waals surface area (Å²) >= 11 is 10.3. The number of Topliss-reactive ketones (excluding diaryl/α,β-unsaturated/α-hetero) is 1. The van der Waals surface area contributed by atoms with Crippen molar-refractivity contribution in [1.82, 2.24) is 0 Å². The van der Waals surface area contributed by atoms with Crippen LogP contribution >= 0.6 is 23.8 Å². The van der Waals surface area contributed by atoms with E-state index in [-0.39, 0.29) is 5.78 Å². The molecule has 1 aromatic carbocycles. The summed E-state index contributed by atoms with van der Waals surface area (Å²) in [5, 5.41) is 2.75. The maximum absolute atomic E-state index is 11.5. The molecule has 0 aliphatic rings. The fourth-order valence-electron chi connectivity index (χ4n) is 1.07. The van der Waals surface area contributed by atoms with Gasteiger partial charge in [0.1, 0.15) is 0 Å². The highest BCUT2D eigenvalue weighted by molar-refractivity contribution is 7.78. The molecule has 0 aliphatic carbocycles. The van der Waals surface area contributed by atoms with Crippen molar-refractivity contribution < 1.29 is 4.79 Å². The van der Waals surface area contributed by atoms with Crippen LogP contribution in [0.5, 0.6) is 0 Å². The third-order valence-corrected chi connectivity index (χ3v) is 2.07. The van der Waals surface area contributed by atoms with Gasteiger partial charge in [-0.2, -0.15) is 4.99 Å². The number of carbonyl (C=O) groups is 1. The number of nitrogens with zero attached hydrogens (tertiary/aromatic N) is 1. The molecule has 0 saturated heterocycles. The average Bonchev–Trinajstić information content (AvgIpc) is 2.20. The third kappa shape index (κ3) is 2.48. The number of rotatable bonds is 3. The van der Waals surface area contributed by atoms with E-state index in [0.717, 1.165) is 0 Å². The molecule has 0 radical (unpaired) electrons. The number of ketones is 1. The number of hydrogen-bond donors (Lipinski definition) is 0. The first-order valence-corrected chi connectivity index (χ1v) is 4.88. The van der Waals surface area contributed by atoms with Crippen molar-refractivity contribution in [2.45, 2.75) is 13.3 Å². The first-order valence-electron chi connectivity index (χ1n) is 4.09. The van der Waals surface area contributed by atoms with Crippen LogP contribution in [0.25, 0.3) is 0 Å². The maximum Gasteiger partial charge on any atom is 0.164 e. The molecular formula is C10H8ClNOS. The molecule has 2 nitrogen and oxygen atoms in total. The highest BCUT2D eigenvalue weighted by Gasteiger charge is 2.09. The van der Waals surface area contributed by atoms with Crippen molar-refractivity contribution in [3.8, 4) is 0 Å². The fraction of sp³-hybridized carbons (Fsp3) is 0.200. The zero-order chi connectivity index (χ0) is 10.6. The quantitative estimate of drug-likeness (QED) is 0.446. The van der Waals surface area contributed by atoms with E-state index in [1.54, 1.807) is 25.1 Å². The lowest BCUT2D eigenvalue weighted by atomic mass is 10.1. The van der Waals surface area contributed by atoms with Crippen molar-refractivity contribution >= 4 is 40.5 Å². The smallest absolute Gasteiger partial charge is 0.164 e. The Morgan fingerprint density at radius 3 is 2.93 bits per heavy atom. The van der Waals surface area contributed by atoms with Gasteiger partial charge in [-0.05, 0) is 30.4 Å². The van der Waals surface area contributed by atoms with Gasteiger partial charge < -0.3 is 0 Å². The molecule has 0 saturated carbocycles. The SMILES string of the molecule is CCC(=O)c1cc(Cl)ccc1N=C=S. The van der Waals surface area contributed by atoms with Crippen LogP contribution in [0.3, 0.4) is 0 Å². The topological polar surface area (TPSA) is 29.4 Å². The summed E-state index contributed by atoms with van der Waals surface area (Å²) in [5.41, 5.74) is 1.02. The van der Waals surface area contributed by atoms with Gasteiger partial charge in [0.2, 0.25) is 0 Å². The van der Waals surface area contributed by atoms with E-state index in [2.05, 4.69) is 22.4 Å². The molecule has 0 heterocycles. The minimum Gasteiger partial charge on any atom is -0.294 e. The molecule has 1 rings (SSSR count). The Balaban J connectivity index is 3.28. The normalized spacial score (nSPS) is 9.29. The molecule has 0 aliphatic heterocycles. The summed E-state index contributed by atoms with van der Waals surface area (Å²) in [6, 6.07) is 4.92. The van der Waals surface area contributed by atoms with Crippen molar-refractivity contribution in [3.63, 3.8) is 0 Å². The molecule has 0 N–H and O–H groups in total. The molecule has 0 amide bonds. The van der Waals surface area contributed by atoms with Gasteiger partial charge in [-0.25, -0.2) is 0 Å². The predicted octanol–water partition coefficient (Wildman–Crippen LogP) is 3.67. The van der Waals surface area contributed by atoms with Crippen LogP contribution in [0.4, 0.5) is 5.69 Å². The summed E-state index contributed by atoms with van der Waals surface area (Å²) in [6.45, 7) is 1.79. The second kappa shape index (κ2) is 5.01. The predicted molar refractivity (Wildman–Crippen MR) is 60.8 cm³/mol. The Kier molecular flexibility index (Phi) is 3.96. The van der Waals surface area contributed by atoms with Crippen molar-refractivity contribution in [2.75, 3.05) is 0 Å². The molecular weight excluding hydrogens is 218 g/mol. The van der Waals surface area contributed by atoms with Crippen LogP contribution in [0, 0.1) is 0 Å². The fourth-order valence-corrected chi connectivity index (χ4v) is 1.34. The summed E-state index contributed by atoms with van der Waals surface area (Å²) in [7, 11) is 0. The van der Waals surface area contributed by atoms with E-state index >= 15 is 0 Å². The van der Waals surface area contributed by atoms with Crippen LogP contribution in [0.2, 0.25) is 5.02 Å². The number of isothiocyanates is 1. The number of hydrogen-bond acceptors (Lipinski definition) is 3. The van der Waals surface area contributed by atoms with Gasteiger partial charge in [0.05, 0.1) is 10.8 Å². The van der Waals surface area contributed by atoms with Crippen LogP contribution < -0.4 is 0 Å². The summed E-state index contributed by atoms with van der Waals surface area (Å²) in [4.78, 5) is 15.3. The van der Waals surface area contributed by atoms with Crippen LogP contribution in [0.1, 0.15) is 23.7 Å². The van der Waals surface area contributed by atoms with E-state index in [4.69, 9.17) is 11.6 Å². The van der Waals surface area contributed by atoms with Crippen molar-refractivity contribution in [2.24, 2.45) is 4.99 Å². The second-order valence-corrected chi connectivity index (χ2v) is 3.26. The average molecular weight is 226 g/mol. The lowest BCUT2D eigenvalue weighted by molar-refractivity contribution is 0.0989. The number of halogens is 1. The molecule has 0 atom stereocenters. The van der Waals surface area contributed by atoms with Gasteiger partial charge in [0.25, 0.3) is 0 Å². The largest absolute Gasteiger partial charge is 0.294 e.